The molecule has 0 radical (unpaired) electrons. The molecule has 2 N–H and O–H groups in total. The number of nitrogens with zero attached hydrogens (tertiary/aromatic N) is 1. The van der Waals surface area contributed by atoms with Crippen LogP contribution in [0.3, 0.4) is 0 Å². The van der Waals surface area contributed by atoms with Crippen molar-refractivity contribution < 1.29 is 9.53 Å². The quantitative estimate of drug-likeness (QED) is 0.875. The van der Waals surface area contributed by atoms with Gasteiger partial charge in [0.15, 0.2) is 0 Å². The highest BCUT2D eigenvalue weighted by Gasteiger charge is 2.42. The fourth-order valence-electron chi connectivity index (χ4n) is 3.12. The predicted octanol–water partition coefficient (Wildman–Crippen LogP) is 3.31. The first-order chi connectivity index (χ1) is 10.2. The first-order valence-electron chi connectivity index (χ1n) is 7.45. The smallest absolute Gasteiger partial charge is 0.319 e. The number of ether oxygens (including phenoxy) is 1. The highest BCUT2D eigenvalue weighted by atomic mass is 79.9. The Balaban J connectivity index is 1.45. The Kier molecular flexibility index (Phi) is 4.45. The molecule has 1 aliphatic carbocycles. The van der Waals surface area contributed by atoms with E-state index in [1.807, 2.05) is 6.07 Å². The molecule has 1 unspecified atom stereocenters. The van der Waals surface area contributed by atoms with Gasteiger partial charge in [-0.15, -0.1) is 0 Å². The average molecular weight is 354 g/mol. The number of aromatic nitrogens is 1. The molecule has 21 heavy (non-hydrogen) atoms. The third kappa shape index (κ3) is 3.74. The maximum Gasteiger partial charge on any atom is 0.319 e. The molecule has 1 saturated carbocycles. The molecule has 1 aromatic heterocycles. The normalized spacial score (nSPS) is 23.4. The minimum atomic E-state index is -0.177. The molecule has 1 aromatic rings. The lowest BCUT2D eigenvalue weighted by molar-refractivity contribution is -0.142. The van der Waals surface area contributed by atoms with Gasteiger partial charge in [0.1, 0.15) is 0 Å². The van der Waals surface area contributed by atoms with Gasteiger partial charge in [-0.25, -0.2) is 4.79 Å². The minimum absolute atomic E-state index is 0.134. The second kappa shape index (κ2) is 6.32. The molecule has 1 saturated heterocycles. The summed E-state index contributed by atoms with van der Waals surface area (Å²) in [6, 6.07) is 1.65. The Morgan fingerprint density at radius 2 is 2.33 bits per heavy atom. The Morgan fingerprint density at radius 3 is 3.05 bits per heavy atom. The minimum Gasteiger partial charge on any atom is -0.375 e. The molecule has 0 bridgehead atoms. The average Bonchev–Trinajstić information content (AvgIpc) is 2.44. The standard InChI is InChI=1S/C15H20BrN3O2/c16-12-6-13(10-17-9-12)19-14(20)18-8-11-2-5-21-15(7-11)3-1-4-15/h6,9-11H,1-5,7-8H2,(H2,18,19,20). The number of carbonyl (C=O) groups excluding carboxylic acids is 1. The van der Waals surface area contributed by atoms with Gasteiger partial charge in [0.25, 0.3) is 0 Å². The Labute approximate surface area is 133 Å². The third-order valence-corrected chi connectivity index (χ3v) is 4.81. The summed E-state index contributed by atoms with van der Waals surface area (Å²) in [5.41, 5.74) is 0.819. The lowest BCUT2D eigenvalue weighted by Gasteiger charge is -2.47. The largest absolute Gasteiger partial charge is 0.375 e. The molecule has 3 rings (SSSR count). The molecule has 2 aliphatic rings. The number of amides is 2. The molecular formula is C15H20BrN3O2. The number of hydrogen-bond donors (Lipinski definition) is 2. The van der Waals surface area contributed by atoms with Gasteiger partial charge < -0.3 is 15.4 Å². The summed E-state index contributed by atoms with van der Waals surface area (Å²) in [6.45, 7) is 1.53. The van der Waals surface area contributed by atoms with Crippen LogP contribution in [-0.4, -0.2) is 29.8 Å². The van der Waals surface area contributed by atoms with Gasteiger partial charge in [0.05, 0.1) is 17.5 Å². The van der Waals surface area contributed by atoms with Crippen LogP contribution in [0.1, 0.15) is 32.1 Å². The summed E-state index contributed by atoms with van der Waals surface area (Å²) in [4.78, 5) is 15.9. The van der Waals surface area contributed by atoms with E-state index >= 15 is 0 Å². The van der Waals surface area contributed by atoms with Crippen LogP contribution in [0, 0.1) is 5.92 Å². The van der Waals surface area contributed by atoms with Crippen LogP contribution in [0.25, 0.3) is 0 Å². The topological polar surface area (TPSA) is 63.2 Å². The third-order valence-electron chi connectivity index (χ3n) is 4.37. The SMILES string of the molecule is O=C(NCC1CCOC2(CCC2)C1)Nc1cncc(Br)c1. The highest BCUT2D eigenvalue weighted by molar-refractivity contribution is 9.10. The van der Waals surface area contributed by atoms with Crippen molar-refractivity contribution in [3.05, 3.63) is 22.9 Å². The summed E-state index contributed by atoms with van der Waals surface area (Å²) in [7, 11) is 0. The van der Waals surface area contributed by atoms with Crippen molar-refractivity contribution in [1.82, 2.24) is 10.3 Å². The molecule has 114 valence electrons. The van der Waals surface area contributed by atoms with Crippen LogP contribution < -0.4 is 10.6 Å². The molecule has 2 fully saturated rings. The van der Waals surface area contributed by atoms with Crippen molar-refractivity contribution in [2.24, 2.45) is 5.92 Å². The number of anilines is 1. The van der Waals surface area contributed by atoms with Crippen LogP contribution in [-0.2, 0) is 4.74 Å². The van der Waals surface area contributed by atoms with Crippen molar-refractivity contribution in [3.63, 3.8) is 0 Å². The highest BCUT2D eigenvalue weighted by Crippen LogP contribution is 2.43. The summed E-state index contributed by atoms with van der Waals surface area (Å²) in [6.07, 6.45) is 9.05. The number of urea groups is 1. The van der Waals surface area contributed by atoms with E-state index in [-0.39, 0.29) is 11.6 Å². The molecule has 6 heteroatoms. The van der Waals surface area contributed by atoms with E-state index in [0.717, 1.165) is 23.9 Å². The number of hydrogen-bond acceptors (Lipinski definition) is 3. The second-order valence-electron chi connectivity index (χ2n) is 5.97. The van der Waals surface area contributed by atoms with E-state index in [1.165, 1.54) is 19.3 Å². The van der Waals surface area contributed by atoms with E-state index in [0.29, 0.717) is 18.2 Å². The Morgan fingerprint density at radius 1 is 1.48 bits per heavy atom. The lowest BCUT2D eigenvalue weighted by atomic mass is 9.72. The molecule has 0 aromatic carbocycles. The first-order valence-corrected chi connectivity index (χ1v) is 8.24. The van der Waals surface area contributed by atoms with Crippen molar-refractivity contribution in [2.45, 2.75) is 37.7 Å². The number of pyridine rings is 1. The maximum absolute atomic E-state index is 11.9. The number of halogens is 1. The van der Waals surface area contributed by atoms with Gasteiger partial charge in [-0.1, -0.05) is 0 Å². The molecule has 2 amide bonds. The molecule has 1 spiro atoms. The Hall–Kier alpha value is -1.14. The zero-order chi connectivity index (χ0) is 14.7. The van der Waals surface area contributed by atoms with Crippen molar-refractivity contribution >= 4 is 27.6 Å². The molecule has 1 atom stereocenters. The Bertz CT molecular complexity index is 519. The van der Waals surface area contributed by atoms with E-state index < -0.39 is 0 Å². The molecule has 2 heterocycles. The van der Waals surface area contributed by atoms with Gasteiger partial charge in [0, 0.05) is 23.8 Å². The fourth-order valence-corrected chi connectivity index (χ4v) is 3.48. The van der Waals surface area contributed by atoms with Crippen LogP contribution in [0.4, 0.5) is 10.5 Å². The van der Waals surface area contributed by atoms with Gasteiger partial charge in [-0.05, 0) is 60.0 Å². The van der Waals surface area contributed by atoms with Crippen LogP contribution in [0.5, 0.6) is 0 Å². The number of carbonyl (C=O) groups is 1. The summed E-state index contributed by atoms with van der Waals surface area (Å²) in [5.74, 6) is 0.519. The number of nitrogens with one attached hydrogen (secondary N) is 2. The van der Waals surface area contributed by atoms with Gasteiger partial charge in [-0.3, -0.25) is 4.98 Å². The van der Waals surface area contributed by atoms with Crippen LogP contribution >= 0.6 is 15.9 Å². The van der Waals surface area contributed by atoms with Gasteiger partial charge in [-0.2, -0.15) is 0 Å². The zero-order valence-electron chi connectivity index (χ0n) is 11.9. The zero-order valence-corrected chi connectivity index (χ0v) is 13.5. The lowest BCUT2D eigenvalue weighted by Crippen LogP contribution is -2.47. The van der Waals surface area contributed by atoms with Gasteiger partial charge >= 0.3 is 6.03 Å². The first kappa shape index (κ1) is 14.8. The molecule has 1 aliphatic heterocycles. The second-order valence-corrected chi connectivity index (χ2v) is 6.89. The van der Waals surface area contributed by atoms with E-state index in [1.54, 1.807) is 12.4 Å². The van der Waals surface area contributed by atoms with E-state index in [2.05, 4.69) is 31.5 Å². The van der Waals surface area contributed by atoms with Crippen molar-refractivity contribution in [3.8, 4) is 0 Å². The predicted molar refractivity (Wildman–Crippen MR) is 84.2 cm³/mol. The van der Waals surface area contributed by atoms with E-state index in [4.69, 9.17) is 4.74 Å². The summed E-state index contributed by atoms with van der Waals surface area (Å²) < 4.78 is 6.75. The number of rotatable bonds is 3. The van der Waals surface area contributed by atoms with Crippen LogP contribution in [0.15, 0.2) is 22.9 Å². The van der Waals surface area contributed by atoms with Gasteiger partial charge in [0.2, 0.25) is 0 Å². The monoisotopic (exact) mass is 353 g/mol. The summed E-state index contributed by atoms with van der Waals surface area (Å²) in [5, 5.41) is 5.75. The molecule has 5 nitrogen and oxygen atoms in total. The maximum atomic E-state index is 11.9. The van der Waals surface area contributed by atoms with Crippen molar-refractivity contribution in [1.29, 1.82) is 0 Å². The fraction of sp³-hybridized carbons (Fsp3) is 0.600. The molecular weight excluding hydrogens is 334 g/mol. The van der Waals surface area contributed by atoms with E-state index in [9.17, 15) is 4.79 Å². The van der Waals surface area contributed by atoms with Crippen LogP contribution in [0.2, 0.25) is 0 Å². The summed E-state index contributed by atoms with van der Waals surface area (Å²) >= 11 is 3.33. The van der Waals surface area contributed by atoms with Crippen molar-refractivity contribution in [2.75, 3.05) is 18.5 Å².